The second kappa shape index (κ2) is 15.1. The Morgan fingerprint density at radius 2 is 1.47 bits per heavy atom. The molecule has 1 aliphatic heterocycles. The topological polar surface area (TPSA) is 0 Å². The Bertz CT molecular complexity index is 1310. The summed E-state index contributed by atoms with van der Waals surface area (Å²) in [7, 11) is -2.48. The standard InChI is InChI=1S/C26H36S3Si.H2S6/c1-5-7-9-11-15-30(16-12-10-8-6-2)23-17-20(4)28-25(23)26-24(30)18-22(29-26)21-14-13-19(3)27-21;1-5(2)6(3)4/h13-14,17-18H,5-12,15-16H2,1-4H3;5H,(H,3,4)/i;5T/hT. The van der Waals surface area contributed by atoms with Crippen LogP contribution in [0.5, 0.6) is 0 Å². The van der Waals surface area contributed by atoms with Crippen LogP contribution in [-0.2, 0) is 48.0 Å². The van der Waals surface area contributed by atoms with Gasteiger partial charge < -0.3 is 0 Å². The van der Waals surface area contributed by atoms with Gasteiger partial charge in [0, 0.05) is 29.3 Å². The highest BCUT2D eigenvalue weighted by atomic mass is 33.8. The van der Waals surface area contributed by atoms with Gasteiger partial charge in [-0.1, -0.05) is 76.8 Å². The molecular formula is C26H38S9Si. The number of thiol groups is 2. The lowest BCUT2D eigenvalue weighted by atomic mass is 10.2. The van der Waals surface area contributed by atoms with Crippen LogP contribution in [0.1, 0.15) is 75.0 Å². The van der Waals surface area contributed by atoms with Crippen LogP contribution in [0.15, 0.2) is 24.3 Å². The number of hydrogen-bond donors (Lipinski definition) is 2. The fraction of sp³-hybridized carbons (Fsp3) is 0.538. The van der Waals surface area contributed by atoms with Crippen molar-refractivity contribution >= 4 is 112 Å². The first-order chi connectivity index (χ1) is 18.1. The number of hydrogen-bond acceptors (Lipinski definition) is 7. The molecule has 4 rings (SSSR count). The van der Waals surface area contributed by atoms with Gasteiger partial charge in [-0.3, -0.25) is 0 Å². The van der Waals surface area contributed by atoms with E-state index in [4.69, 9.17) is 2.25 Å². The number of rotatable bonds is 13. The first kappa shape index (κ1) is 28.6. The van der Waals surface area contributed by atoms with E-state index in [1.807, 2.05) is 21.7 Å². The Labute approximate surface area is 256 Å². The van der Waals surface area contributed by atoms with Crippen molar-refractivity contribution in [2.24, 2.45) is 0 Å². The lowest BCUT2D eigenvalue weighted by Gasteiger charge is -2.29. The van der Waals surface area contributed by atoms with Crippen LogP contribution < -0.4 is 10.4 Å². The second-order valence-electron chi connectivity index (χ2n) is 9.48. The van der Waals surface area contributed by atoms with E-state index >= 15 is 0 Å². The van der Waals surface area contributed by atoms with E-state index in [2.05, 4.69) is 108 Å². The van der Waals surface area contributed by atoms with Crippen molar-refractivity contribution < 1.29 is 0 Å². The van der Waals surface area contributed by atoms with E-state index in [-0.39, 0.29) is 0 Å². The fourth-order valence-electron chi connectivity index (χ4n) is 5.16. The van der Waals surface area contributed by atoms with E-state index < -0.39 is 22.5 Å². The zero-order chi connectivity index (χ0) is 27.9. The summed E-state index contributed by atoms with van der Waals surface area (Å²) in [4.78, 5) is 9.25. The average molecular weight is 671 g/mol. The Morgan fingerprint density at radius 3 is 1.97 bits per heavy atom. The number of thiophene rings is 3. The van der Waals surface area contributed by atoms with Crippen LogP contribution in [0, 0.1) is 13.8 Å². The SMILES string of the molecule is CCCCCC[Si]1(CCCCCC)c2cc(C)sc2-c2sc(-c3ccc(C)s3)cc21.[3H]SS(=S)S([3H])(=S)=S. The summed E-state index contributed by atoms with van der Waals surface area (Å²) in [6, 6.07) is 12.8. The quantitative estimate of drug-likeness (QED) is 0.0807. The first-order valence-electron chi connectivity index (χ1n) is 13.6. The molecule has 0 aromatic carbocycles. The van der Waals surface area contributed by atoms with Gasteiger partial charge in [0.05, 0.1) is 0 Å². The van der Waals surface area contributed by atoms with Gasteiger partial charge in [0.15, 0.2) is 0 Å². The van der Waals surface area contributed by atoms with Crippen molar-refractivity contribution in [3.05, 3.63) is 34.0 Å². The van der Waals surface area contributed by atoms with Gasteiger partial charge in [0.25, 0.3) is 0 Å². The van der Waals surface area contributed by atoms with Gasteiger partial charge in [-0.2, -0.15) is 0 Å². The highest BCUT2D eigenvalue weighted by molar-refractivity contribution is 9.13. The third-order valence-corrected chi connectivity index (χ3v) is 24.9. The molecule has 0 bridgehead atoms. The molecule has 0 radical (unpaired) electrons. The summed E-state index contributed by atoms with van der Waals surface area (Å²) in [6.45, 7) is 7.01. The molecule has 200 valence electrons. The fourth-order valence-corrected chi connectivity index (χ4v) is 15.5. The average Bonchev–Trinajstić information content (AvgIpc) is 3.63. The maximum absolute atomic E-state index is 7.02. The molecule has 0 N–H and O–H groups in total. The summed E-state index contributed by atoms with van der Waals surface area (Å²) in [5, 5.41) is 3.62. The monoisotopic (exact) mass is 670 g/mol. The van der Waals surface area contributed by atoms with Crippen LogP contribution in [0.3, 0.4) is 0 Å². The molecule has 3 aromatic rings. The lowest BCUT2D eigenvalue weighted by Crippen LogP contribution is -2.54. The smallest absolute Gasteiger partial charge is 0.126 e. The van der Waals surface area contributed by atoms with Gasteiger partial charge in [-0.25, -0.2) is 0 Å². The highest BCUT2D eigenvalue weighted by Crippen LogP contribution is 2.46. The summed E-state index contributed by atoms with van der Waals surface area (Å²) in [5.41, 5.74) is 0. The molecule has 0 spiro atoms. The Balaban J connectivity index is 0.000000436. The molecule has 0 nitrogen and oxygen atoms in total. The van der Waals surface area contributed by atoms with Crippen LogP contribution in [0.25, 0.3) is 19.5 Å². The van der Waals surface area contributed by atoms with Gasteiger partial charge in [0.1, 0.15) is 10.3 Å². The molecule has 0 saturated heterocycles. The van der Waals surface area contributed by atoms with Crippen LogP contribution in [-0.4, -0.2) is 10.3 Å². The second-order valence-corrected chi connectivity index (χ2v) is 27.9. The molecule has 10 heteroatoms. The molecule has 1 unspecified atom stereocenters. The third-order valence-electron chi connectivity index (χ3n) is 6.83. The predicted molar refractivity (Wildman–Crippen MR) is 191 cm³/mol. The molecule has 0 fully saturated rings. The van der Waals surface area contributed by atoms with E-state index in [1.165, 1.54) is 83.0 Å². The third kappa shape index (κ3) is 7.82. The molecule has 4 heterocycles. The van der Waals surface area contributed by atoms with Crippen molar-refractivity contribution in [3.63, 3.8) is 0 Å². The predicted octanol–water partition coefficient (Wildman–Crippen LogP) is 8.96. The number of fused-ring (bicyclic) bond motifs is 3. The largest absolute Gasteiger partial charge is 0.140 e. The summed E-state index contributed by atoms with van der Waals surface area (Å²) in [5.74, 6) is 0. The summed E-state index contributed by atoms with van der Waals surface area (Å²) in [6.07, 6.45) is 11.1. The normalized spacial score (nSPS) is 15.4. The summed E-state index contributed by atoms with van der Waals surface area (Å²) < 4.78 is 13.7. The molecule has 3 aromatic heterocycles. The van der Waals surface area contributed by atoms with Gasteiger partial charge in [0.2, 0.25) is 0 Å². The Hall–Kier alpha value is 1.03. The van der Waals surface area contributed by atoms with Crippen LogP contribution in [0.2, 0.25) is 12.1 Å². The van der Waals surface area contributed by atoms with Crippen LogP contribution in [0.4, 0.5) is 0 Å². The minimum Gasteiger partial charge on any atom is -0.140 e. The zero-order valence-electron chi connectivity index (χ0n) is 23.6. The Morgan fingerprint density at radius 1 is 0.861 bits per heavy atom. The lowest BCUT2D eigenvalue weighted by molar-refractivity contribution is 0.684. The molecule has 0 amide bonds. The minimum absolute atomic E-state index is 0.666. The molecule has 36 heavy (non-hydrogen) atoms. The van der Waals surface area contributed by atoms with E-state index in [1.54, 1.807) is 9.75 Å². The van der Waals surface area contributed by atoms with Crippen LogP contribution >= 0.6 is 45.6 Å². The van der Waals surface area contributed by atoms with Gasteiger partial charge >= 0.3 is 0 Å². The highest BCUT2D eigenvalue weighted by Gasteiger charge is 2.47. The van der Waals surface area contributed by atoms with Gasteiger partial charge in [-0.15, -0.1) is 34.0 Å². The Kier molecular flexibility index (Phi) is 12.0. The van der Waals surface area contributed by atoms with Crippen molar-refractivity contribution in [1.82, 2.24) is 0 Å². The van der Waals surface area contributed by atoms with Crippen molar-refractivity contribution in [3.8, 4) is 19.5 Å². The molecule has 0 aliphatic carbocycles. The van der Waals surface area contributed by atoms with Gasteiger partial charge in [-0.05, 0) is 109 Å². The van der Waals surface area contributed by atoms with E-state index in [0.29, 0.717) is 11.6 Å². The minimum atomic E-state index is -2.22. The maximum Gasteiger partial charge on any atom is 0.126 e. The zero-order valence-corrected chi connectivity index (χ0v) is 29.9. The molecule has 0 saturated carbocycles. The summed E-state index contributed by atoms with van der Waals surface area (Å²) >= 11 is 20.5. The molecular weight excluding hydrogens is 629 g/mol. The van der Waals surface area contributed by atoms with Crippen molar-refractivity contribution in [1.29, 1.82) is 2.25 Å². The maximum atomic E-state index is 7.02. The molecule has 1 atom stereocenters. The number of unbranched alkanes of at least 4 members (excludes halogenated alkanes) is 6. The van der Waals surface area contributed by atoms with E-state index in [9.17, 15) is 0 Å². The van der Waals surface area contributed by atoms with Crippen molar-refractivity contribution in [2.75, 3.05) is 0 Å². The van der Waals surface area contributed by atoms with E-state index in [0.717, 1.165) is 0 Å². The molecule has 1 aliphatic rings. The number of aryl methyl sites for hydroxylation is 2. The first-order valence-corrected chi connectivity index (χ1v) is 24.3. The van der Waals surface area contributed by atoms with Crippen molar-refractivity contribution in [2.45, 2.75) is 91.1 Å².